The van der Waals surface area contributed by atoms with Crippen LogP contribution in [0.25, 0.3) is 0 Å². The van der Waals surface area contributed by atoms with Crippen LogP contribution in [0.1, 0.15) is 67.8 Å². The highest BCUT2D eigenvalue weighted by Gasteiger charge is 2.54. The maximum absolute atomic E-state index is 13.0. The molecule has 4 fully saturated rings. The lowest BCUT2D eigenvalue weighted by Crippen LogP contribution is -2.56. The highest BCUT2D eigenvalue weighted by atomic mass is 19.3. The molecule has 0 spiro atoms. The third-order valence-corrected chi connectivity index (χ3v) is 7.61. The summed E-state index contributed by atoms with van der Waals surface area (Å²) in [4.78, 5) is 13.0. The van der Waals surface area contributed by atoms with Gasteiger partial charge in [-0.1, -0.05) is 19.1 Å². The second-order valence-electron chi connectivity index (χ2n) is 9.97. The van der Waals surface area contributed by atoms with Gasteiger partial charge in [0.25, 0.3) is 5.91 Å². The van der Waals surface area contributed by atoms with Crippen LogP contribution in [0, 0.1) is 23.2 Å². The van der Waals surface area contributed by atoms with Gasteiger partial charge in [0.15, 0.2) is 0 Å². The maximum Gasteiger partial charge on any atom is 0.330 e. The summed E-state index contributed by atoms with van der Waals surface area (Å²) < 4.78 is 55.3. The van der Waals surface area contributed by atoms with Gasteiger partial charge in [-0.3, -0.25) is 4.79 Å². The Morgan fingerprint density at radius 2 is 1.77 bits per heavy atom. The lowest BCUT2D eigenvalue weighted by Gasteiger charge is -2.59. The first-order chi connectivity index (χ1) is 14.7. The summed E-state index contributed by atoms with van der Waals surface area (Å²) in [6.07, 6.45) is 4.74. The first kappa shape index (κ1) is 22.6. The van der Waals surface area contributed by atoms with E-state index in [4.69, 9.17) is 4.74 Å². The lowest BCUT2D eigenvalue weighted by molar-refractivity contribution is -0.168. The molecule has 3 nitrogen and oxygen atoms in total. The Balaban J connectivity index is 1.38. The molecule has 0 heterocycles. The van der Waals surface area contributed by atoms with Gasteiger partial charge in [-0.15, -0.1) is 0 Å². The minimum Gasteiger partial charge on any atom is -0.370 e. The van der Waals surface area contributed by atoms with Gasteiger partial charge in [-0.25, -0.2) is 8.78 Å². The number of hydrogen-bond donors (Lipinski definition) is 1. The van der Waals surface area contributed by atoms with Gasteiger partial charge in [0.05, 0.1) is 6.61 Å². The zero-order chi connectivity index (χ0) is 22.2. The van der Waals surface area contributed by atoms with Crippen LogP contribution in [0.2, 0.25) is 0 Å². The predicted octanol–water partition coefficient (Wildman–Crippen LogP) is 5.83. The first-order valence-electron chi connectivity index (χ1n) is 11.3. The van der Waals surface area contributed by atoms with E-state index < -0.39 is 19.0 Å². The van der Waals surface area contributed by atoms with Crippen LogP contribution in [-0.4, -0.2) is 30.9 Å². The number of carbonyl (C=O) groups excluding carboxylic acids is 1. The zero-order valence-corrected chi connectivity index (χ0v) is 17.9. The number of rotatable bonds is 9. The van der Waals surface area contributed by atoms with E-state index >= 15 is 0 Å². The van der Waals surface area contributed by atoms with E-state index in [0.29, 0.717) is 11.1 Å². The van der Waals surface area contributed by atoms with E-state index in [2.05, 4.69) is 12.2 Å². The molecule has 1 atom stereocenters. The Kier molecular flexibility index (Phi) is 6.35. The number of benzene rings is 1. The quantitative estimate of drug-likeness (QED) is 0.490. The van der Waals surface area contributed by atoms with Gasteiger partial charge in [0, 0.05) is 11.6 Å². The third kappa shape index (κ3) is 4.76. The summed E-state index contributed by atoms with van der Waals surface area (Å²) in [6, 6.07) is 6.68. The number of ether oxygens (including phenoxy) is 1. The molecule has 172 valence electrons. The van der Waals surface area contributed by atoms with Crippen molar-refractivity contribution in [3.05, 3.63) is 35.4 Å². The Hall–Kier alpha value is -1.63. The zero-order valence-electron chi connectivity index (χ0n) is 17.9. The van der Waals surface area contributed by atoms with Gasteiger partial charge in [-0.2, -0.15) is 8.78 Å². The Morgan fingerprint density at radius 3 is 2.32 bits per heavy atom. The Morgan fingerprint density at radius 1 is 1.16 bits per heavy atom. The van der Waals surface area contributed by atoms with Crippen molar-refractivity contribution in [1.82, 2.24) is 5.32 Å². The molecule has 1 aromatic carbocycles. The van der Waals surface area contributed by atoms with Crippen LogP contribution >= 0.6 is 0 Å². The number of amides is 1. The second-order valence-corrected chi connectivity index (χ2v) is 9.97. The molecular formula is C24H31F4NO2. The van der Waals surface area contributed by atoms with Crippen LogP contribution in [-0.2, 0) is 11.3 Å². The van der Waals surface area contributed by atoms with Crippen molar-refractivity contribution in [2.45, 2.75) is 76.9 Å². The van der Waals surface area contributed by atoms with E-state index in [1.165, 1.54) is 38.5 Å². The summed E-state index contributed by atoms with van der Waals surface area (Å²) in [5.74, 6) is -1.97. The van der Waals surface area contributed by atoms with Crippen LogP contribution in [0.4, 0.5) is 17.6 Å². The molecule has 1 amide bonds. The summed E-state index contributed by atoms with van der Waals surface area (Å²) in [5, 5.41) is 3.26. The lowest BCUT2D eigenvalue weighted by atomic mass is 9.47. The smallest absolute Gasteiger partial charge is 0.330 e. The number of hydrogen-bond acceptors (Lipinski definition) is 2. The summed E-state index contributed by atoms with van der Waals surface area (Å²) in [5.41, 5.74) is 1.13. The number of carbonyl (C=O) groups is 1. The molecular weight excluding hydrogens is 410 g/mol. The van der Waals surface area contributed by atoms with E-state index in [1.807, 2.05) is 0 Å². The molecule has 7 heteroatoms. The maximum atomic E-state index is 13.0. The average Bonchev–Trinajstić information content (AvgIpc) is 2.70. The van der Waals surface area contributed by atoms with E-state index in [0.717, 1.165) is 24.2 Å². The molecule has 31 heavy (non-hydrogen) atoms. The molecule has 0 aliphatic heterocycles. The molecule has 1 aromatic rings. The Bertz CT molecular complexity index is 762. The monoisotopic (exact) mass is 441 g/mol. The van der Waals surface area contributed by atoms with Gasteiger partial charge in [-0.05, 0) is 85.8 Å². The topological polar surface area (TPSA) is 38.3 Å². The minimum absolute atomic E-state index is 0.123. The molecule has 0 aromatic heterocycles. The van der Waals surface area contributed by atoms with E-state index in [9.17, 15) is 22.4 Å². The standard InChI is InChI=1S/C24H31F4NO2/c1-2-20(23-10-16-6-17(11-23)8-18(7-16)12-23)29-21(30)19-5-3-4-15(9-19)13-31-14-24(27,28)22(25)26/h3-5,9,16-18,20,22H,2,6-8,10-14H2,1H3,(H,29,30)/t16?,17?,18?,20-,23?/m0/s1. The molecule has 0 radical (unpaired) electrons. The van der Waals surface area contributed by atoms with Crippen molar-refractivity contribution < 1.29 is 27.1 Å². The molecule has 0 saturated heterocycles. The van der Waals surface area contributed by atoms with Crippen molar-refractivity contribution in [1.29, 1.82) is 0 Å². The molecule has 4 aliphatic rings. The summed E-state index contributed by atoms with van der Waals surface area (Å²) in [6.45, 7) is 0.512. The van der Waals surface area contributed by atoms with Crippen molar-refractivity contribution in [3.8, 4) is 0 Å². The molecule has 4 aliphatic carbocycles. The average molecular weight is 442 g/mol. The predicted molar refractivity (Wildman–Crippen MR) is 109 cm³/mol. The fourth-order valence-corrected chi connectivity index (χ4v) is 6.70. The minimum atomic E-state index is -4.18. The SMILES string of the molecule is CC[C@H](NC(=O)c1cccc(COCC(F)(F)C(F)F)c1)C12CC3CC(CC(C3)C1)C2. The van der Waals surface area contributed by atoms with Crippen molar-refractivity contribution in [2.75, 3.05) is 6.61 Å². The molecule has 4 bridgehead atoms. The second kappa shape index (κ2) is 8.72. The fourth-order valence-electron chi connectivity index (χ4n) is 6.70. The van der Waals surface area contributed by atoms with E-state index in [-0.39, 0.29) is 24.0 Å². The van der Waals surface area contributed by atoms with Crippen LogP contribution < -0.4 is 5.32 Å². The highest BCUT2D eigenvalue weighted by molar-refractivity contribution is 5.94. The summed E-state index contributed by atoms with van der Waals surface area (Å²) in [7, 11) is 0. The molecule has 0 unspecified atom stereocenters. The number of nitrogens with one attached hydrogen (secondary N) is 1. The van der Waals surface area contributed by atoms with Crippen molar-refractivity contribution >= 4 is 5.91 Å². The normalized spacial score (nSPS) is 30.6. The van der Waals surface area contributed by atoms with Gasteiger partial charge in [0.1, 0.15) is 6.61 Å². The number of halogens is 4. The van der Waals surface area contributed by atoms with E-state index in [1.54, 1.807) is 24.3 Å². The van der Waals surface area contributed by atoms with Crippen LogP contribution in [0.15, 0.2) is 24.3 Å². The van der Waals surface area contributed by atoms with Crippen LogP contribution in [0.3, 0.4) is 0 Å². The fraction of sp³-hybridized carbons (Fsp3) is 0.708. The summed E-state index contributed by atoms with van der Waals surface area (Å²) >= 11 is 0. The first-order valence-corrected chi connectivity index (χ1v) is 11.3. The Labute approximate surface area is 180 Å². The molecule has 4 saturated carbocycles. The number of alkyl halides is 4. The largest absolute Gasteiger partial charge is 0.370 e. The molecule has 5 rings (SSSR count). The highest BCUT2D eigenvalue weighted by Crippen LogP contribution is 2.61. The van der Waals surface area contributed by atoms with Crippen molar-refractivity contribution in [3.63, 3.8) is 0 Å². The van der Waals surface area contributed by atoms with Crippen LogP contribution in [0.5, 0.6) is 0 Å². The van der Waals surface area contributed by atoms with Gasteiger partial charge in [0.2, 0.25) is 0 Å². The third-order valence-electron chi connectivity index (χ3n) is 7.61. The van der Waals surface area contributed by atoms with Gasteiger partial charge >= 0.3 is 12.3 Å². The van der Waals surface area contributed by atoms with Crippen molar-refractivity contribution in [2.24, 2.45) is 23.2 Å². The molecule has 1 N–H and O–H groups in total. The van der Waals surface area contributed by atoms with Gasteiger partial charge < -0.3 is 10.1 Å².